The normalized spacial score (nSPS) is 20.5. The number of rotatable bonds is 2. The van der Waals surface area contributed by atoms with Gasteiger partial charge in [0.05, 0.1) is 11.7 Å². The minimum atomic E-state index is 0.136. The highest BCUT2D eigenvalue weighted by Crippen LogP contribution is 2.27. The van der Waals surface area contributed by atoms with Crippen LogP contribution in [-0.2, 0) is 0 Å². The largest absolute Gasteiger partial charge is 0.336 e. The third-order valence-electron chi connectivity index (χ3n) is 4.35. The van der Waals surface area contributed by atoms with Crippen LogP contribution in [0.2, 0.25) is 0 Å². The fourth-order valence-electron chi connectivity index (χ4n) is 2.98. The summed E-state index contributed by atoms with van der Waals surface area (Å²) in [7, 11) is 0. The highest BCUT2D eigenvalue weighted by atomic mass is 16.2. The van der Waals surface area contributed by atoms with E-state index in [0.29, 0.717) is 0 Å². The molecule has 20 heavy (non-hydrogen) atoms. The van der Waals surface area contributed by atoms with Gasteiger partial charge in [0.15, 0.2) is 0 Å². The number of H-pyrrole nitrogens is 1. The van der Waals surface area contributed by atoms with Crippen LogP contribution in [-0.4, -0.2) is 58.1 Å². The van der Waals surface area contributed by atoms with E-state index in [2.05, 4.69) is 15.1 Å². The molecule has 0 atom stereocenters. The Morgan fingerprint density at radius 1 is 1.20 bits per heavy atom. The molecule has 2 heterocycles. The maximum Gasteiger partial charge on any atom is 0.254 e. The van der Waals surface area contributed by atoms with Crippen LogP contribution in [0.1, 0.15) is 23.2 Å². The molecule has 1 saturated carbocycles. The van der Waals surface area contributed by atoms with Crippen LogP contribution in [0.3, 0.4) is 0 Å². The zero-order valence-corrected chi connectivity index (χ0v) is 11.4. The summed E-state index contributed by atoms with van der Waals surface area (Å²) in [6.07, 6.45) is 4.45. The first-order valence-corrected chi connectivity index (χ1v) is 7.28. The van der Waals surface area contributed by atoms with Gasteiger partial charge in [-0.1, -0.05) is 6.07 Å². The number of nitrogens with zero attached hydrogens (tertiary/aromatic N) is 3. The van der Waals surface area contributed by atoms with Gasteiger partial charge >= 0.3 is 0 Å². The summed E-state index contributed by atoms with van der Waals surface area (Å²) in [5.41, 5.74) is 1.68. The molecule has 0 bridgehead atoms. The lowest BCUT2D eigenvalue weighted by Gasteiger charge is -2.34. The van der Waals surface area contributed by atoms with Crippen LogP contribution in [0.15, 0.2) is 24.4 Å². The lowest BCUT2D eigenvalue weighted by atomic mass is 10.1. The van der Waals surface area contributed by atoms with Crippen molar-refractivity contribution in [2.24, 2.45) is 0 Å². The van der Waals surface area contributed by atoms with Gasteiger partial charge in [-0.05, 0) is 25.0 Å². The summed E-state index contributed by atoms with van der Waals surface area (Å²) >= 11 is 0. The van der Waals surface area contributed by atoms with Crippen molar-refractivity contribution in [2.45, 2.75) is 18.9 Å². The molecule has 1 N–H and O–H groups in total. The van der Waals surface area contributed by atoms with Gasteiger partial charge in [0.25, 0.3) is 5.91 Å². The Morgan fingerprint density at radius 3 is 2.75 bits per heavy atom. The minimum absolute atomic E-state index is 0.136. The van der Waals surface area contributed by atoms with E-state index in [4.69, 9.17) is 0 Å². The molecule has 1 saturated heterocycles. The van der Waals surface area contributed by atoms with Gasteiger partial charge in [-0.2, -0.15) is 5.10 Å². The van der Waals surface area contributed by atoms with Crippen molar-refractivity contribution in [3.8, 4) is 0 Å². The Balaban J connectivity index is 1.48. The molecule has 1 aliphatic carbocycles. The average molecular weight is 270 g/mol. The standard InChI is InChI=1S/C15H18N4O/c20-15(11-1-2-12-10-16-17-14(12)9-11)19-7-5-18(6-8-19)13-3-4-13/h1-2,9-10,13H,3-8H2,(H,16,17). The molecule has 5 nitrogen and oxygen atoms in total. The predicted octanol–water partition coefficient (Wildman–Crippen LogP) is 1.48. The Morgan fingerprint density at radius 2 is 2.00 bits per heavy atom. The fourth-order valence-corrected chi connectivity index (χ4v) is 2.98. The first-order chi connectivity index (χ1) is 9.81. The molecular weight excluding hydrogens is 252 g/mol. The van der Waals surface area contributed by atoms with Crippen molar-refractivity contribution >= 4 is 16.8 Å². The molecule has 0 radical (unpaired) electrons. The number of fused-ring (bicyclic) bond motifs is 1. The zero-order chi connectivity index (χ0) is 13.5. The number of carbonyl (C=O) groups is 1. The zero-order valence-electron chi connectivity index (χ0n) is 11.4. The van der Waals surface area contributed by atoms with Crippen LogP contribution in [0.5, 0.6) is 0 Å². The number of amides is 1. The number of nitrogens with one attached hydrogen (secondary N) is 1. The Bertz CT molecular complexity index is 638. The van der Waals surface area contributed by atoms with E-state index in [1.54, 1.807) is 6.20 Å². The van der Waals surface area contributed by atoms with Crippen LogP contribution in [0.4, 0.5) is 0 Å². The number of hydrogen-bond donors (Lipinski definition) is 1. The molecule has 104 valence electrons. The van der Waals surface area contributed by atoms with Gasteiger partial charge in [-0.25, -0.2) is 0 Å². The van der Waals surface area contributed by atoms with Crippen molar-refractivity contribution in [2.75, 3.05) is 26.2 Å². The van der Waals surface area contributed by atoms with Gasteiger partial charge < -0.3 is 4.90 Å². The lowest BCUT2D eigenvalue weighted by Crippen LogP contribution is -2.49. The highest BCUT2D eigenvalue weighted by Gasteiger charge is 2.32. The Kier molecular flexibility index (Phi) is 2.73. The molecule has 5 heteroatoms. The molecule has 4 rings (SSSR count). The van der Waals surface area contributed by atoms with Crippen LogP contribution < -0.4 is 0 Å². The number of aromatic nitrogens is 2. The first-order valence-electron chi connectivity index (χ1n) is 7.28. The second kappa shape index (κ2) is 4.59. The molecule has 1 aliphatic heterocycles. The third-order valence-corrected chi connectivity index (χ3v) is 4.35. The van der Waals surface area contributed by atoms with Crippen molar-refractivity contribution in [1.29, 1.82) is 0 Å². The van der Waals surface area contributed by atoms with Crippen molar-refractivity contribution < 1.29 is 4.79 Å². The maximum atomic E-state index is 12.5. The van der Waals surface area contributed by atoms with Crippen molar-refractivity contribution in [3.63, 3.8) is 0 Å². The summed E-state index contributed by atoms with van der Waals surface area (Å²) in [5.74, 6) is 0.136. The summed E-state index contributed by atoms with van der Waals surface area (Å²) in [6, 6.07) is 6.55. The molecule has 0 unspecified atom stereocenters. The average Bonchev–Trinajstić information content (AvgIpc) is 3.24. The molecule has 1 aromatic carbocycles. The molecule has 2 fully saturated rings. The van der Waals surface area contributed by atoms with Gasteiger partial charge in [-0.15, -0.1) is 0 Å². The molecule has 0 spiro atoms. The number of carbonyl (C=O) groups excluding carboxylic acids is 1. The summed E-state index contributed by atoms with van der Waals surface area (Å²) in [4.78, 5) is 17.0. The minimum Gasteiger partial charge on any atom is -0.336 e. The summed E-state index contributed by atoms with van der Waals surface area (Å²) in [5, 5.41) is 7.95. The van der Waals surface area contributed by atoms with Gasteiger partial charge in [0, 0.05) is 43.2 Å². The van der Waals surface area contributed by atoms with Gasteiger partial charge in [0.2, 0.25) is 0 Å². The molecular formula is C15H18N4O. The van der Waals surface area contributed by atoms with Crippen molar-refractivity contribution in [1.82, 2.24) is 20.0 Å². The van der Waals surface area contributed by atoms with Gasteiger partial charge in [0.1, 0.15) is 0 Å². The fraction of sp³-hybridized carbons (Fsp3) is 0.467. The maximum absolute atomic E-state index is 12.5. The van der Waals surface area contributed by atoms with Crippen LogP contribution in [0, 0.1) is 0 Å². The number of piperazine rings is 1. The topological polar surface area (TPSA) is 52.2 Å². The lowest BCUT2D eigenvalue weighted by molar-refractivity contribution is 0.0627. The number of benzene rings is 1. The van der Waals surface area contributed by atoms with E-state index >= 15 is 0 Å². The molecule has 1 aromatic heterocycles. The van der Waals surface area contributed by atoms with E-state index in [1.165, 1.54) is 12.8 Å². The summed E-state index contributed by atoms with van der Waals surface area (Å²) in [6.45, 7) is 3.72. The van der Waals surface area contributed by atoms with E-state index in [-0.39, 0.29) is 5.91 Å². The first kappa shape index (κ1) is 11.9. The predicted molar refractivity (Wildman–Crippen MR) is 76.6 cm³/mol. The third kappa shape index (κ3) is 2.08. The quantitative estimate of drug-likeness (QED) is 0.899. The van der Waals surface area contributed by atoms with E-state index in [1.807, 2.05) is 23.1 Å². The van der Waals surface area contributed by atoms with E-state index in [0.717, 1.165) is 48.7 Å². The van der Waals surface area contributed by atoms with Crippen LogP contribution in [0.25, 0.3) is 10.9 Å². The van der Waals surface area contributed by atoms with E-state index in [9.17, 15) is 4.79 Å². The second-order valence-corrected chi connectivity index (χ2v) is 5.73. The number of aromatic amines is 1. The SMILES string of the molecule is O=C(c1ccc2cn[nH]c2c1)N1CCN(C2CC2)CC1. The van der Waals surface area contributed by atoms with Crippen molar-refractivity contribution in [3.05, 3.63) is 30.0 Å². The monoisotopic (exact) mass is 270 g/mol. The Hall–Kier alpha value is -1.88. The number of hydrogen-bond acceptors (Lipinski definition) is 3. The second-order valence-electron chi connectivity index (χ2n) is 5.73. The Labute approximate surface area is 117 Å². The van der Waals surface area contributed by atoms with E-state index < -0.39 is 0 Å². The van der Waals surface area contributed by atoms with Gasteiger partial charge in [-0.3, -0.25) is 14.8 Å². The molecule has 1 amide bonds. The van der Waals surface area contributed by atoms with Crippen LogP contribution >= 0.6 is 0 Å². The summed E-state index contributed by atoms with van der Waals surface area (Å²) < 4.78 is 0. The molecule has 2 aromatic rings. The molecule has 2 aliphatic rings. The smallest absolute Gasteiger partial charge is 0.254 e. The highest BCUT2D eigenvalue weighted by molar-refractivity contribution is 5.97.